The number of hydrogen-bond acceptors (Lipinski definition) is 4. The first-order valence-electron chi connectivity index (χ1n) is 9.00. The molecule has 3 rings (SSSR count). The number of benzene rings is 2. The van der Waals surface area contributed by atoms with Crippen molar-refractivity contribution in [3.05, 3.63) is 64.2 Å². The van der Waals surface area contributed by atoms with Gasteiger partial charge in [0.05, 0.1) is 30.2 Å². The van der Waals surface area contributed by atoms with E-state index in [0.29, 0.717) is 42.7 Å². The number of ether oxygens (including phenoxy) is 1. The standard InChI is InChI=1S/C21H17ClF3N3O2/c22-17-4-5-19(28-6-8-30-9-7-28)18(12-17)27-20(29)15(13-26)10-14-2-1-3-16(11-14)21(23,24)25/h1-5,10-12H,6-9H2,(H,27,29)/b15-10+. The molecule has 0 radical (unpaired) electrons. The highest BCUT2D eigenvalue weighted by molar-refractivity contribution is 6.31. The van der Waals surface area contributed by atoms with Crippen LogP contribution in [0.1, 0.15) is 11.1 Å². The monoisotopic (exact) mass is 435 g/mol. The third-order valence-corrected chi connectivity index (χ3v) is 4.68. The molecule has 1 amide bonds. The Kier molecular flexibility index (Phi) is 6.65. The minimum Gasteiger partial charge on any atom is -0.378 e. The molecule has 0 aromatic heterocycles. The number of nitriles is 1. The number of hydrogen-bond donors (Lipinski definition) is 1. The van der Waals surface area contributed by atoms with E-state index in [1.807, 2.05) is 4.90 Å². The summed E-state index contributed by atoms with van der Waals surface area (Å²) in [6.07, 6.45) is -3.41. The van der Waals surface area contributed by atoms with Crippen molar-refractivity contribution in [1.29, 1.82) is 5.26 Å². The molecule has 0 saturated carbocycles. The molecule has 9 heteroatoms. The van der Waals surface area contributed by atoms with Crippen molar-refractivity contribution >= 4 is 35.0 Å². The number of carbonyl (C=O) groups is 1. The highest BCUT2D eigenvalue weighted by Gasteiger charge is 2.30. The summed E-state index contributed by atoms with van der Waals surface area (Å²) in [5.74, 6) is -0.744. The third-order valence-electron chi connectivity index (χ3n) is 4.45. The highest BCUT2D eigenvalue weighted by atomic mass is 35.5. The Morgan fingerprint density at radius 2 is 1.93 bits per heavy atom. The van der Waals surface area contributed by atoms with E-state index in [1.54, 1.807) is 24.3 Å². The number of carbonyl (C=O) groups excluding carboxylic acids is 1. The van der Waals surface area contributed by atoms with E-state index in [1.165, 1.54) is 12.1 Å². The van der Waals surface area contributed by atoms with Gasteiger partial charge in [0.25, 0.3) is 5.91 Å². The molecule has 0 spiro atoms. The highest BCUT2D eigenvalue weighted by Crippen LogP contribution is 2.31. The van der Waals surface area contributed by atoms with Crippen LogP contribution in [0.2, 0.25) is 5.02 Å². The molecule has 0 aliphatic carbocycles. The lowest BCUT2D eigenvalue weighted by atomic mass is 10.1. The number of morpholine rings is 1. The molecule has 1 aliphatic rings. The molecule has 2 aromatic carbocycles. The Bertz CT molecular complexity index is 1010. The van der Waals surface area contributed by atoms with E-state index in [9.17, 15) is 23.2 Å². The van der Waals surface area contributed by atoms with Crippen LogP contribution in [0.15, 0.2) is 48.0 Å². The lowest BCUT2D eigenvalue weighted by Gasteiger charge is -2.30. The van der Waals surface area contributed by atoms with Crippen LogP contribution in [0, 0.1) is 11.3 Å². The second-order valence-electron chi connectivity index (χ2n) is 6.51. The minimum absolute atomic E-state index is 0.0935. The Hall–Kier alpha value is -3.02. The molecule has 0 unspecified atom stereocenters. The van der Waals surface area contributed by atoms with Crippen molar-refractivity contribution in [3.63, 3.8) is 0 Å². The van der Waals surface area contributed by atoms with E-state index >= 15 is 0 Å². The molecule has 1 heterocycles. The van der Waals surface area contributed by atoms with Gasteiger partial charge in [-0.2, -0.15) is 18.4 Å². The Labute approximate surface area is 176 Å². The van der Waals surface area contributed by atoms with Crippen molar-refractivity contribution < 1.29 is 22.7 Å². The number of anilines is 2. The fraction of sp³-hybridized carbons (Fsp3) is 0.238. The van der Waals surface area contributed by atoms with Gasteiger partial charge in [-0.3, -0.25) is 4.79 Å². The maximum absolute atomic E-state index is 12.9. The summed E-state index contributed by atoms with van der Waals surface area (Å²) in [5, 5.41) is 12.4. The number of nitrogens with one attached hydrogen (secondary N) is 1. The molecule has 1 aliphatic heterocycles. The summed E-state index contributed by atoms with van der Waals surface area (Å²) in [5.41, 5.74) is 0.0173. The predicted octanol–water partition coefficient (Wildman–Crippen LogP) is 4.74. The first-order chi connectivity index (χ1) is 14.3. The maximum Gasteiger partial charge on any atom is 0.416 e. The number of nitrogens with zero attached hydrogens (tertiary/aromatic N) is 2. The van der Waals surface area contributed by atoms with Crippen LogP contribution < -0.4 is 10.2 Å². The first-order valence-corrected chi connectivity index (χ1v) is 9.38. The normalized spacial score (nSPS) is 14.9. The van der Waals surface area contributed by atoms with Crippen molar-refractivity contribution in [2.75, 3.05) is 36.5 Å². The van der Waals surface area contributed by atoms with Crippen LogP contribution in [0.3, 0.4) is 0 Å². The number of halogens is 4. The molecule has 1 fully saturated rings. The van der Waals surface area contributed by atoms with Crippen LogP contribution in [0.25, 0.3) is 6.08 Å². The smallest absolute Gasteiger partial charge is 0.378 e. The third kappa shape index (κ3) is 5.32. The van der Waals surface area contributed by atoms with Crippen molar-refractivity contribution in [2.24, 2.45) is 0 Å². The average Bonchev–Trinajstić information content (AvgIpc) is 2.72. The van der Waals surface area contributed by atoms with Crippen LogP contribution in [0.4, 0.5) is 24.5 Å². The molecule has 1 N–H and O–H groups in total. The van der Waals surface area contributed by atoms with Crippen LogP contribution in [-0.2, 0) is 15.7 Å². The van der Waals surface area contributed by atoms with E-state index in [4.69, 9.17) is 16.3 Å². The van der Waals surface area contributed by atoms with E-state index in [0.717, 1.165) is 18.2 Å². The Morgan fingerprint density at radius 3 is 2.60 bits per heavy atom. The zero-order valence-electron chi connectivity index (χ0n) is 15.7. The van der Waals surface area contributed by atoms with E-state index < -0.39 is 17.6 Å². The maximum atomic E-state index is 12.9. The zero-order chi connectivity index (χ0) is 21.7. The minimum atomic E-state index is -4.52. The summed E-state index contributed by atoms with van der Waals surface area (Å²) in [4.78, 5) is 14.7. The Balaban J connectivity index is 1.87. The van der Waals surface area contributed by atoms with Crippen LogP contribution in [-0.4, -0.2) is 32.2 Å². The molecule has 1 saturated heterocycles. The second-order valence-corrected chi connectivity index (χ2v) is 6.94. The molecule has 30 heavy (non-hydrogen) atoms. The van der Waals surface area contributed by atoms with Crippen molar-refractivity contribution in [3.8, 4) is 6.07 Å². The van der Waals surface area contributed by atoms with Gasteiger partial charge < -0.3 is 15.0 Å². The van der Waals surface area contributed by atoms with Gasteiger partial charge in [-0.05, 0) is 42.0 Å². The fourth-order valence-electron chi connectivity index (χ4n) is 3.00. The summed E-state index contributed by atoms with van der Waals surface area (Å²) < 4.78 is 44.0. The molecular formula is C21H17ClF3N3O2. The molecular weight excluding hydrogens is 419 g/mol. The molecule has 0 bridgehead atoms. The van der Waals surface area contributed by atoms with Crippen LogP contribution in [0.5, 0.6) is 0 Å². The quantitative estimate of drug-likeness (QED) is 0.556. The summed E-state index contributed by atoms with van der Waals surface area (Å²) in [6.45, 7) is 2.31. The summed E-state index contributed by atoms with van der Waals surface area (Å²) in [6, 6.07) is 11.1. The van der Waals surface area contributed by atoms with Gasteiger partial charge in [0.1, 0.15) is 11.6 Å². The fourth-order valence-corrected chi connectivity index (χ4v) is 3.17. The summed E-state index contributed by atoms with van der Waals surface area (Å²) >= 11 is 6.06. The molecule has 0 atom stereocenters. The predicted molar refractivity (Wildman–Crippen MR) is 108 cm³/mol. The Morgan fingerprint density at radius 1 is 1.20 bits per heavy atom. The van der Waals surface area contributed by atoms with Gasteiger partial charge in [0, 0.05) is 18.1 Å². The second kappa shape index (κ2) is 9.20. The molecule has 5 nitrogen and oxygen atoms in total. The van der Waals surface area contributed by atoms with Gasteiger partial charge >= 0.3 is 6.18 Å². The SMILES string of the molecule is N#C/C(=C\c1cccc(C(F)(F)F)c1)C(=O)Nc1cc(Cl)ccc1N1CCOCC1. The number of amides is 1. The van der Waals surface area contributed by atoms with Crippen LogP contribution >= 0.6 is 11.6 Å². The lowest BCUT2D eigenvalue weighted by Crippen LogP contribution is -2.36. The van der Waals surface area contributed by atoms with Gasteiger partial charge in [-0.15, -0.1) is 0 Å². The van der Waals surface area contributed by atoms with Gasteiger partial charge in [-0.1, -0.05) is 23.7 Å². The number of alkyl halides is 3. The van der Waals surface area contributed by atoms with Gasteiger partial charge in [-0.25, -0.2) is 0 Å². The lowest BCUT2D eigenvalue weighted by molar-refractivity contribution is -0.137. The number of rotatable bonds is 4. The van der Waals surface area contributed by atoms with Crippen molar-refractivity contribution in [1.82, 2.24) is 0 Å². The largest absolute Gasteiger partial charge is 0.416 e. The van der Waals surface area contributed by atoms with Crippen molar-refractivity contribution in [2.45, 2.75) is 6.18 Å². The molecule has 2 aromatic rings. The first kappa shape index (κ1) is 21.7. The van der Waals surface area contributed by atoms with E-state index in [-0.39, 0.29) is 11.1 Å². The summed E-state index contributed by atoms with van der Waals surface area (Å²) in [7, 11) is 0. The topological polar surface area (TPSA) is 65.4 Å². The average molecular weight is 436 g/mol. The van der Waals surface area contributed by atoms with E-state index in [2.05, 4.69) is 5.32 Å². The van der Waals surface area contributed by atoms with Gasteiger partial charge in [0.2, 0.25) is 0 Å². The zero-order valence-corrected chi connectivity index (χ0v) is 16.4. The van der Waals surface area contributed by atoms with Gasteiger partial charge in [0.15, 0.2) is 0 Å². The molecule has 156 valence electrons.